The van der Waals surface area contributed by atoms with E-state index in [2.05, 4.69) is 48.7 Å². The van der Waals surface area contributed by atoms with Crippen molar-refractivity contribution >= 4 is 22.1 Å². The summed E-state index contributed by atoms with van der Waals surface area (Å²) in [6.07, 6.45) is 0. The van der Waals surface area contributed by atoms with Crippen LogP contribution in [-0.2, 0) is 0 Å². The third kappa shape index (κ3) is 1.78. The zero-order chi connectivity index (χ0) is 9.26. The molecule has 0 spiro atoms. The van der Waals surface area contributed by atoms with Crippen LogP contribution < -0.4 is 0 Å². The Labute approximate surface area is 82.2 Å². The number of para-hydroxylation sites is 1. The number of hydrogen-bond donors (Lipinski definition) is 1. The molecule has 0 fully saturated rings. The maximum Gasteiger partial charge on any atom is 0.0757 e. The molecular formula is C11H15NS. The van der Waals surface area contributed by atoms with Gasteiger partial charge in [0.15, 0.2) is 0 Å². The van der Waals surface area contributed by atoms with Crippen molar-refractivity contribution in [1.82, 2.24) is 0 Å². The Morgan fingerprint density at radius 1 is 1.31 bits per heavy atom. The predicted molar refractivity (Wildman–Crippen MR) is 61.6 cm³/mol. The van der Waals surface area contributed by atoms with Crippen LogP contribution in [0.3, 0.4) is 0 Å². The van der Waals surface area contributed by atoms with E-state index < -0.39 is 0 Å². The normalized spacial score (nSPS) is 22.2. The van der Waals surface area contributed by atoms with Crippen molar-refractivity contribution in [3.63, 3.8) is 0 Å². The van der Waals surface area contributed by atoms with Crippen molar-refractivity contribution in [1.29, 1.82) is 0 Å². The topological polar surface area (TPSA) is 12.4 Å². The summed E-state index contributed by atoms with van der Waals surface area (Å²) >= 11 is 0. The van der Waals surface area contributed by atoms with E-state index in [0.29, 0.717) is 0 Å². The minimum atomic E-state index is -0.0921. The first-order valence-corrected chi connectivity index (χ1v) is 6.27. The number of hydrogen-bond acceptors (Lipinski definition) is 1. The summed E-state index contributed by atoms with van der Waals surface area (Å²) in [7, 11) is -0.0921. The third-order valence-electron chi connectivity index (χ3n) is 2.09. The lowest BCUT2D eigenvalue weighted by atomic mass is 10.3. The first-order chi connectivity index (χ1) is 6.27. The van der Waals surface area contributed by atoms with Gasteiger partial charge in [-0.15, -0.1) is 0 Å². The van der Waals surface area contributed by atoms with Gasteiger partial charge < -0.3 is 0 Å². The second-order valence-corrected chi connectivity index (χ2v) is 5.80. The molecule has 1 aromatic rings. The van der Waals surface area contributed by atoms with Gasteiger partial charge in [-0.05, 0) is 23.8 Å². The molecule has 1 aromatic carbocycles. The minimum absolute atomic E-state index is 0.0921. The Hall–Kier alpha value is -0.760. The third-order valence-corrected chi connectivity index (χ3v) is 4.60. The lowest BCUT2D eigenvalue weighted by molar-refractivity contribution is 0.749. The maximum atomic E-state index is 4.44. The Balaban J connectivity index is 2.23. The summed E-state index contributed by atoms with van der Waals surface area (Å²) in [5, 5.41) is 0. The highest BCUT2D eigenvalue weighted by Gasteiger charge is 2.15. The summed E-state index contributed by atoms with van der Waals surface area (Å²) in [5.41, 5.74) is 3.34. The van der Waals surface area contributed by atoms with Crippen LogP contribution in [0, 0.1) is 5.92 Å². The lowest BCUT2D eigenvalue weighted by Gasteiger charge is -2.15. The van der Waals surface area contributed by atoms with E-state index in [9.17, 15) is 0 Å². The molecule has 1 atom stereocenters. The molecule has 1 unspecified atom stereocenters. The second kappa shape index (κ2) is 3.54. The molecule has 2 heteroatoms. The highest BCUT2D eigenvalue weighted by Crippen LogP contribution is 2.46. The van der Waals surface area contributed by atoms with Gasteiger partial charge in [0.1, 0.15) is 0 Å². The van der Waals surface area contributed by atoms with Crippen molar-refractivity contribution in [2.45, 2.75) is 18.7 Å². The minimum Gasteiger partial charge on any atom is -0.250 e. The first kappa shape index (κ1) is 8.82. The van der Waals surface area contributed by atoms with Crippen LogP contribution in [0.4, 0.5) is 5.69 Å². The molecule has 0 saturated carbocycles. The van der Waals surface area contributed by atoms with E-state index >= 15 is 0 Å². The van der Waals surface area contributed by atoms with E-state index in [4.69, 9.17) is 0 Å². The summed E-state index contributed by atoms with van der Waals surface area (Å²) < 4.78 is 0. The van der Waals surface area contributed by atoms with Crippen molar-refractivity contribution in [2.24, 2.45) is 10.9 Å². The van der Waals surface area contributed by atoms with Gasteiger partial charge in [-0.1, -0.05) is 26.0 Å². The Kier molecular flexibility index (Phi) is 2.40. The smallest absolute Gasteiger partial charge is 0.0757 e. The molecular weight excluding hydrogens is 178 g/mol. The molecule has 1 heterocycles. The van der Waals surface area contributed by atoms with Gasteiger partial charge in [-0.2, -0.15) is 10.9 Å². The molecule has 0 aromatic heterocycles. The van der Waals surface area contributed by atoms with Crippen LogP contribution in [0.5, 0.6) is 0 Å². The molecule has 0 aliphatic carbocycles. The molecule has 0 radical (unpaired) electrons. The lowest BCUT2D eigenvalue weighted by Crippen LogP contribution is -1.96. The van der Waals surface area contributed by atoms with Crippen molar-refractivity contribution < 1.29 is 0 Å². The predicted octanol–water partition coefficient (Wildman–Crippen LogP) is 3.38. The van der Waals surface area contributed by atoms with Crippen LogP contribution in [0.1, 0.15) is 13.8 Å². The van der Waals surface area contributed by atoms with Crippen LogP contribution >= 0.6 is 10.9 Å². The fraction of sp³-hybridized carbons (Fsp3) is 0.364. The summed E-state index contributed by atoms with van der Waals surface area (Å²) in [6, 6.07) is 8.50. The second-order valence-electron chi connectivity index (χ2n) is 3.78. The molecule has 70 valence electrons. The quantitative estimate of drug-likeness (QED) is 0.691. The fourth-order valence-electron chi connectivity index (χ4n) is 1.55. The van der Waals surface area contributed by atoms with Crippen LogP contribution in [0.15, 0.2) is 34.2 Å². The van der Waals surface area contributed by atoms with Crippen molar-refractivity contribution in [2.75, 3.05) is 5.75 Å². The average molecular weight is 193 g/mol. The summed E-state index contributed by atoms with van der Waals surface area (Å²) in [6.45, 7) is 4.55. The molecule has 1 aliphatic heterocycles. The van der Waals surface area contributed by atoms with Crippen LogP contribution in [0.2, 0.25) is 0 Å². The van der Waals surface area contributed by atoms with E-state index in [0.717, 1.165) is 5.92 Å². The van der Waals surface area contributed by atoms with E-state index in [-0.39, 0.29) is 10.9 Å². The Morgan fingerprint density at radius 3 is 2.85 bits per heavy atom. The summed E-state index contributed by atoms with van der Waals surface area (Å²) in [4.78, 5) is 5.90. The molecule has 1 nitrogen and oxygen atoms in total. The SMILES string of the molecule is CC(C)C[SH]1C=Nc2ccccc21. The maximum absolute atomic E-state index is 4.44. The van der Waals surface area contributed by atoms with E-state index in [1.165, 1.54) is 16.3 Å². The van der Waals surface area contributed by atoms with Gasteiger partial charge in [0.05, 0.1) is 5.69 Å². The van der Waals surface area contributed by atoms with Gasteiger partial charge in [-0.3, -0.25) is 4.99 Å². The van der Waals surface area contributed by atoms with Crippen molar-refractivity contribution in [3.05, 3.63) is 24.3 Å². The fourth-order valence-corrected chi connectivity index (χ4v) is 3.72. The molecule has 2 rings (SSSR count). The largest absolute Gasteiger partial charge is 0.250 e. The van der Waals surface area contributed by atoms with Gasteiger partial charge in [0, 0.05) is 10.4 Å². The molecule has 13 heavy (non-hydrogen) atoms. The Morgan fingerprint density at radius 2 is 2.08 bits per heavy atom. The summed E-state index contributed by atoms with van der Waals surface area (Å²) in [5.74, 6) is 2.04. The molecule has 1 aliphatic rings. The zero-order valence-electron chi connectivity index (χ0n) is 8.07. The first-order valence-electron chi connectivity index (χ1n) is 4.67. The monoisotopic (exact) mass is 193 g/mol. The number of rotatable bonds is 2. The van der Waals surface area contributed by atoms with Gasteiger partial charge in [0.25, 0.3) is 0 Å². The number of nitrogens with zero attached hydrogens (tertiary/aromatic N) is 1. The molecule has 0 bridgehead atoms. The van der Waals surface area contributed by atoms with Crippen LogP contribution in [-0.4, -0.2) is 11.3 Å². The van der Waals surface area contributed by atoms with Gasteiger partial charge >= 0.3 is 0 Å². The van der Waals surface area contributed by atoms with Gasteiger partial charge in [0.2, 0.25) is 0 Å². The van der Waals surface area contributed by atoms with Crippen LogP contribution in [0.25, 0.3) is 0 Å². The number of aliphatic imine (C=N–C) groups is 1. The van der Waals surface area contributed by atoms with Gasteiger partial charge in [-0.25, -0.2) is 0 Å². The zero-order valence-corrected chi connectivity index (χ0v) is 8.96. The van der Waals surface area contributed by atoms with E-state index in [1.54, 1.807) is 0 Å². The molecule has 0 saturated heterocycles. The molecule has 0 amide bonds. The standard InChI is InChI=1S/C11H15NS/c1-9(2)7-13-8-12-10-5-3-4-6-11(10)13/h3-6,8-9,13H,7H2,1-2H3. The van der Waals surface area contributed by atoms with E-state index in [1.807, 2.05) is 0 Å². The van der Waals surface area contributed by atoms with Crippen molar-refractivity contribution in [3.8, 4) is 0 Å². The molecule has 0 N–H and O–H groups in total. The number of thiol groups is 1. The Bertz CT molecular complexity index is 331. The highest BCUT2D eigenvalue weighted by atomic mass is 32.2. The number of fused-ring (bicyclic) bond motifs is 1. The highest BCUT2D eigenvalue weighted by molar-refractivity contribution is 8.28. The average Bonchev–Trinajstić information content (AvgIpc) is 2.48. The number of benzene rings is 1.